The molecule has 0 aliphatic carbocycles. The number of ether oxygens (including phenoxy) is 1. The normalized spacial score (nSPS) is 14.5. The molecule has 0 spiro atoms. The molecule has 28 heavy (non-hydrogen) atoms. The number of nitriles is 1. The van der Waals surface area contributed by atoms with Gasteiger partial charge >= 0.3 is 0 Å². The summed E-state index contributed by atoms with van der Waals surface area (Å²) in [5.74, 6) is -2.88. The molecule has 0 aliphatic heterocycles. The zero-order chi connectivity index (χ0) is 20.9. The number of nitrogens with zero attached hydrogens (tertiary/aromatic N) is 1. The van der Waals surface area contributed by atoms with Crippen LogP contribution in [0.1, 0.15) is 39.4 Å². The van der Waals surface area contributed by atoms with E-state index in [1.807, 2.05) is 12.1 Å². The summed E-state index contributed by atoms with van der Waals surface area (Å²) < 4.78 is 33.4. The maximum absolute atomic E-state index is 14.1. The van der Waals surface area contributed by atoms with Crippen LogP contribution < -0.4 is 10.1 Å². The molecule has 0 saturated carbocycles. The molecule has 0 fully saturated rings. The first-order valence-corrected chi connectivity index (χ1v) is 9.00. The Labute approximate surface area is 164 Å². The Morgan fingerprint density at radius 1 is 1.14 bits per heavy atom. The van der Waals surface area contributed by atoms with E-state index in [2.05, 4.69) is 5.32 Å². The molecule has 0 bridgehead atoms. The van der Waals surface area contributed by atoms with Crippen LogP contribution in [0.15, 0.2) is 48.5 Å². The summed E-state index contributed by atoms with van der Waals surface area (Å²) >= 11 is 0. The van der Waals surface area contributed by atoms with Crippen molar-refractivity contribution in [1.82, 2.24) is 5.32 Å². The molecule has 2 aromatic rings. The second-order valence-electron chi connectivity index (χ2n) is 7.75. The molecule has 1 unspecified atom stereocenters. The van der Waals surface area contributed by atoms with Crippen LogP contribution in [0.3, 0.4) is 0 Å². The largest absolute Gasteiger partial charge is 0.480 e. The van der Waals surface area contributed by atoms with Crippen molar-refractivity contribution < 1.29 is 18.3 Å². The molecule has 0 heterocycles. The fraction of sp³-hybridized carbons (Fsp3) is 0.364. The van der Waals surface area contributed by atoms with E-state index in [1.54, 1.807) is 52.0 Å². The van der Waals surface area contributed by atoms with Crippen LogP contribution in [0.25, 0.3) is 0 Å². The zero-order valence-corrected chi connectivity index (χ0v) is 16.4. The number of carbonyl (C=O) groups is 1. The Morgan fingerprint density at radius 3 is 2.36 bits per heavy atom. The third kappa shape index (κ3) is 5.29. The van der Waals surface area contributed by atoms with Crippen LogP contribution in [-0.2, 0) is 4.79 Å². The van der Waals surface area contributed by atoms with E-state index in [-0.39, 0.29) is 5.75 Å². The lowest BCUT2D eigenvalue weighted by Gasteiger charge is -2.30. The minimum absolute atomic E-state index is 0.248. The average Bonchev–Trinajstić information content (AvgIpc) is 2.62. The lowest BCUT2D eigenvalue weighted by Crippen LogP contribution is -2.45. The third-order valence-electron chi connectivity index (χ3n) is 4.36. The van der Waals surface area contributed by atoms with Gasteiger partial charge in [-0.3, -0.25) is 4.79 Å². The molecule has 1 amide bonds. The molecule has 1 N–H and O–H groups in total. The van der Waals surface area contributed by atoms with Gasteiger partial charge in [0.1, 0.15) is 17.8 Å². The first kappa shape index (κ1) is 21.4. The summed E-state index contributed by atoms with van der Waals surface area (Å²) in [6.07, 6.45) is -0.777. The van der Waals surface area contributed by atoms with E-state index in [4.69, 9.17) is 4.74 Å². The number of carbonyl (C=O) groups excluding carboxylic acids is 1. The molecule has 3 atom stereocenters. The molecular formula is C22H24F2N2O2. The summed E-state index contributed by atoms with van der Waals surface area (Å²) in [7, 11) is 0. The SMILES string of the molecule is C[C@@H](NC(=O)C(C#N)C(C)(C)C)[C@@H](Oc1cc(F)ccc1F)c1ccccc1. The number of amides is 1. The first-order valence-electron chi connectivity index (χ1n) is 9.00. The Balaban J connectivity index is 2.30. The maximum atomic E-state index is 14.1. The van der Waals surface area contributed by atoms with Crippen LogP contribution in [0.4, 0.5) is 8.78 Å². The van der Waals surface area contributed by atoms with E-state index >= 15 is 0 Å². The van der Waals surface area contributed by atoms with Crippen molar-refractivity contribution in [2.75, 3.05) is 0 Å². The predicted octanol–water partition coefficient (Wildman–Crippen LogP) is 4.78. The summed E-state index contributed by atoms with van der Waals surface area (Å²) in [5, 5.41) is 12.2. The second kappa shape index (κ2) is 8.83. The van der Waals surface area contributed by atoms with Gasteiger partial charge in [-0.05, 0) is 30.0 Å². The number of benzene rings is 2. The summed E-state index contributed by atoms with van der Waals surface area (Å²) in [6, 6.07) is 13.3. The summed E-state index contributed by atoms with van der Waals surface area (Å²) in [4.78, 5) is 12.6. The van der Waals surface area contributed by atoms with Gasteiger partial charge in [0, 0.05) is 6.07 Å². The molecule has 2 rings (SSSR count). The zero-order valence-electron chi connectivity index (χ0n) is 16.4. The van der Waals surface area contributed by atoms with E-state index in [0.29, 0.717) is 5.56 Å². The van der Waals surface area contributed by atoms with Crippen molar-refractivity contribution in [3.63, 3.8) is 0 Å². The topological polar surface area (TPSA) is 62.1 Å². The molecule has 0 radical (unpaired) electrons. The standard InChI is InChI=1S/C22H24F2N2O2/c1-14(26-21(27)17(13-25)22(2,3)4)20(15-8-6-5-7-9-15)28-19-12-16(23)10-11-18(19)24/h5-12,14,17,20H,1-4H3,(H,26,27)/t14-,17?,20-/m1/s1. The summed E-state index contributed by atoms with van der Waals surface area (Å²) in [5.41, 5.74) is 0.138. The predicted molar refractivity (Wildman–Crippen MR) is 102 cm³/mol. The van der Waals surface area contributed by atoms with E-state index in [0.717, 1.165) is 18.2 Å². The number of hydrogen-bond donors (Lipinski definition) is 1. The van der Waals surface area contributed by atoms with Gasteiger partial charge in [0.05, 0.1) is 12.1 Å². The highest BCUT2D eigenvalue weighted by Gasteiger charge is 2.34. The smallest absolute Gasteiger partial charge is 0.238 e. The van der Waals surface area contributed by atoms with Crippen molar-refractivity contribution in [1.29, 1.82) is 5.26 Å². The Bertz CT molecular complexity index is 857. The van der Waals surface area contributed by atoms with Crippen LogP contribution in [-0.4, -0.2) is 11.9 Å². The van der Waals surface area contributed by atoms with Gasteiger partial charge in [-0.15, -0.1) is 0 Å². The highest BCUT2D eigenvalue weighted by molar-refractivity contribution is 5.82. The van der Waals surface area contributed by atoms with Crippen LogP contribution in [0.2, 0.25) is 0 Å². The van der Waals surface area contributed by atoms with Gasteiger partial charge in [-0.2, -0.15) is 5.26 Å². The van der Waals surface area contributed by atoms with Crippen molar-refractivity contribution in [3.8, 4) is 11.8 Å². The highest BCUT2D eigenvalue weighted by atomic mass is 19.1. The molecule has 4 nitrogen and oxygen atoms in total. The second-order valence-corrected chi connectivity index (χ2v) is 7.75. The van der Waals surface area contributed by atoms with E-state index < -0.39 is 41.0 Å². The van der Waals surface area contributed by atoms with Crippen molar-refractivity contribution in [3.05, 3.63) is 65.7 Å². The van der Waals surface area contributed by atoms with Gasteiger partial charge in [0.25, 0.3) is 0 Å². The molecule has 148 valence electrons. The molecule has 6 heteroatoms. The third-order valence-corrected chi connectivity index (χ3v) is 4.36. The van der Waals surface area contributed by atoms with Crippen molar-refractivity contribution in [2.45, 2.75) is 39.8 Å². The molecule has 2 aromatic carbocycles. The van der Waals surface area contributed by atoms with Crippen molar-refractivity contribution in [2.24, 2.45) is 11.3 Å². The monoisotopic (exact) mass is 386 g/mol. The fourth-order valence-corrected chi connectivity index (χ4v) is 2.83. The van der Waals surface area contributed by atoms with Gasteiger partial charge in [-0.25, -0.2) is 8.78 Å². The van der Waals surface area contributed by atoms with Crippen LogP contribution in [0, 0.1) is 34.3 Å². The lowest BCUT2D eigenvalue weighted by atomic mass is 9.81. The van der Waals surface area contributed by atoms with Crippen molar-refractivity contribution >= 4 is 5.91 Å². The molecule has 0 aliphatic rings. The Morgan fingerprint density at radius 2 is 1.79 bits per heavy atom. The quantitative estimate of drug-likeness (QED) is 0.777. The Hall–Kier alpha value is -2.94. The van der Waals surface area contributed by atoms with Gasteiger partial charge in [0.2, 0.25) is 5.91 Å². The van der Waals surface area contributed by atoms with Crippen LogP contribution in [0.5, 0.6) is 5.75 Å². The molecule has 0 aromatic heterocycles. The first-order chi connectivity index (χ1) is 13.1. The highest BCUT2D eigenvalue weighted by Crippen LogP contribution is 2.29. The number of halogens is 2. The maximum Gasteiger partial charge on any atom is 0.238 e. The van der Waals surface area contributed by atoms with Crippen LogP contribution >= 0.6 is 0 Å². The lowest BCUT2D eigenvalue weighted by molar-refractivity contribution is -0.127. The van der Waals surface area contributed by atoms with E-state index in [9.17, 15) is 18.8 Å². The van der Waals surface area contributed by atoms with Gasteiger partial charge in [0.15, 0.2) is 11.6 Å². The number of hydrogen-bond acceptors (Lipinski definition) is 3. The summed E-state index contributed by atoms with van der Waals surface area (Å²) in [6.45, 7) is 7.11. The Kier molecular flexibility index (Phi) is 6.74. The van der Waals surface area contributed by atoms with Gasteiger partial charge in [-0.1, -0.05) is 51.1 Å². The van der Waals surface area contributed by atoms with E-state index in [1.165, 1.54) is 0 Å². The molecule has 0 saturated heterocycles. The minimum Gasteiger partial charge on any atom is -0.480 e. The van der Waals surface area contributed by atoms with Gasteiger partial charge < -0.3 is 10.1 Å². The number of nitrogens with one attached hydrogen (secondary N) is 1. The average molecular weight is 386 g/mol. The fourth-order valence-electron chi connectivity index (χ4n) is 2.83. The molecular weight excluding hydrogens is 362 g/mol. The minimum atomic E-state index is -0.864. The number of rotatable bonds is 6.